The van der Waals surface area contributed by atoms with Crippen LogP contribution < -0.4 is 25.6 Å². The summed E-state index contributed by atoms with van der Waals surface area (Å²) >= 11 is 1.21. The molecular formula is C27H25N3O6S. The van der Waals surface area contributed by atoms with Crippen molar-refractivity contribution < 1.29 is 29.1 Å². The largest absolute Gasteiger partial charge is 0.493 e. The number of fused-ring (bicyclic) bond motifs is 1. The van der Waals surface area contributed by atoms with E-state index < -0.39 is 23.8 Å². The second-order valence-corrected chi connectivity index (χ2v) is 9.13. The number of benzene rings is 3. The predicted octanol–water partition coefficient (Wildman–Crippen LogP) is 4.02. The fraction of sp³-hybridized carbons (Fsp3) is 0.148. The fourth-order valence-electron chi connectivity index (χ4n) is 3.88. The number of thiophene rings is 1. The van der Waals surface area contributed by atoms with Gasteiger partial charge in [0.25, 0.3) is 11.8 Å². The van der Waals surface area contributed by atoms with Crippen molar-refractivity contribution in [2.45, 2.75) is 12.5 Å². The van der Waals surface area contributed by atoms with Gasteiger partial charge in [-0.15, -0.1) is 11.3 Å². The lowest BCUT2D eigenvalue weighted by atomic mass is 10.0. The maximum absolute atomic E-state index is 13.4. The minimum atomic E-state index is -0.903. The summed E-state index contributed by atoms with van der Waals surface area (Å²) in [6.07, 6.45) is 0.256. The van der Waals surface area contributed by atoms with Crippen molar-refractivity contribution in [2.24, 2.45) is 0 Å². The van der Waals surface area contributed by atoms with E-state index >= 15 is 0 Å². The molecule has 3 aromatic carbocycles. The highest BCUT2D eigenvalue weighted by atomic mass is 32.1. The number of ether oxygens (including phenoxy) is 2. The Kier molecular flexibility index (Phi) is 8.02. The van der Waals surface area contributed by atoms with E-state index in [2.05, 4.69) is 10.6 Å². The first kappa shape index (κ1) is 25.7. The Bertz CT molecular complexity index is 1440. The zero-order valence-corrected chi connectivity index (χ0v) is 20.9. The first-order valence-electron chi connectivity index (χ1n) is 11.3. The molecule has 0 fully saturated rings. The molecule has 0 radical (unpaired) electrons. The van der Waals surface area contributed by atoms with Crippen LogP contribution in [0.25, 0.3) is 10.1 Å². The number of hydroxylamine groups is 1. The Hall–Kier alpha value is -4.41. The Labute approximate surface area is 217 Å². The molecule has 4 aromatic rings. The van der Waals surface area contributed by atoms with Crippen LogP contribution in [0.2, 0.25) is 0 Å². The number of hydrogen-bond donors (Lipinski definition) is 4. The van der Waals surface area contributed by atoms with Crippen molar-refractivity contribution in [3.05, 3.63) is 88.8 Å². The third-order valence-corrected chi connectivity index (χ3v) is 6.78. The van der Waals surface area contributed by atoms with E-state index in [1.807, 2.05) is 30.3 Å². The fourth-order valence-corrected chi connectivity index (χ4v) is 4.81. The molecule has 0 aliphatic carbocycles. The van der Waals surface area contributed by atoms with Gasteiger partial charge in [0.2, 0.25) is 5.91 Å². The zero-order chi connectivity index (χ0) is 26.4. The van der Waals surface area contributed by atoms with E-state index in [9.17, 15) is 14.4 Å². The van der Waals surface area contributed by atoms with Gasteiger partial charge in [-0.05, 0) is 47.3 Å². The molecule has 4 N–H and O–H groups in total. The predicted molar refractivity (Wildman–Crippen MR) is 141 cm³/mol. The van der Waals surface area contributed by atoms with Gasteiger partial charge in [-0.1, -0.05) is 36.4 Å². The van der Waals surface area contributed by atoms with Crippen LogP contribution in [0.4, 0.5) is 5.69 Å². The number of anilines is 1. The standard InChI is InChI=1S/C27H25N3O6S/c1-35-21-10-6-9-19(24(21)36-2)25(31)29-20(13-16-7-4-3-5-8-16)26(32)28-18-11-12-22-17(14-18)15-23(37-22)27(33)30-34/h3-12,14-15,20,34H,13H2,1-2H3,(H,28,32)(H,29,31)(H,30,33). The zero-order valence-electron chi connectivity index (χ0n) is 20.1. The molecule has 1 heterocycles. The van der Waals surface area contributed by atoms with Gasteiger partial charge in [-0.3, -0.25) is 19.6 Å². The van der Waals surface area contributed by atoms with Crippen LogP contribution in [-0.2, 0) is 11.2 Å². The van der Waals surface area contributed by atoms with Gasteiger partial charge in [-0.25, -0.2) is 5.48 Å². The summed E-state index contributed by atoms with van der Waals surface area (Å²) in [5.74, 6) is -0.836. The molecule has 0 saturated heterocycles. The Morgan fingerprint density at radius 2 is 1.70 bits per heavy atom. The highest BCUT2D eigenvalue weighted by Gasteiger charge is 2.25. The monoisotopic (exact) mass is 519 g/mol. The first-order valence-corrected chi connectivity index (χ1v) is 12.1. The van der Waals surface area contributed by atoms with E-state index in [4.69, 9.17) is 14.7 Å². The van der Waals surface area contributed by atoms with Gasteiger partial charge in [0.1, 0.15) is 6.04 Å². The van der Waals surface area contributed by atoms with Crippen LogP contribution in [0.1, 0.15) is 25.6 Å². The molecule has 4 rings (SSSR count). The van der Waals surface area contributed by atoms with E-state index in [0.29, 0.717) is 16.3 Å². The van der Waals surface area contributed by atoms with Crippen LogP contribution in [0, 0.1) is 0 Å². The number of hydrogen-bond acceptors (Lipinski definition) is 7. The topological polar surface area (TPSA) is 126 Å². The number of methoxy groups -OCH3 is 2. The van der Waals surface area contributed by atoms with Crippen molar-refractivity contribution >= 4 is 44.8 Å². The van der Waals surface area contributed by atoms with Gasteiger partial charge in [-0.2, -0.15) is 0 Å². The van der Waals surface area contributed by atoms with Crippen LogP contribution in [0.3, 0.4) is 0 Å². The Balaban J connectivity index is 1.59. The molecule has 9 nitrogen and oxygen atoms in total. The van der Waals surface area contributed by atoms with Crippen molar-refractivity contribution in [2.75, 3.05) is 19.5 Å². The first-order chi connectivity index (χ1) is 17.9. The third-order valence-electron chi connectivity index (χ3n) is 5.66. The third kappa shape index (κ3) is 5.88. The van der Waals surface area contributed by atoms with Crippen molar-refractivity contribution in [3.8, 4) is 11.5 Å². The minimum absolute atomic E-state index is 0.238. The molecule has 0 saturated carbocycles. The number of carbonyl (C=O) groups is 3. The second-order valence-electron chi connectivity index (χ2n) is 8.05. The summed E-state index contributed by atoms with van der Waals surface area (Å²) < 4.78 is 11.5. The maximum atomic E-state index is 13.4. The van der Waals surface area contributed by atoms with Crippen LogP contribution in [0.15, 0.2) is 72.8 Å². The molecule has 1 unspecified atom stereocenters. The highest BCUT2D eigenvalue weighted by Crippen LogP contribution is 2.31. The van der Waals surface area contributed by atoms with E-state index in [0.717, 1.165) is 15.6 Å². The van der Waals surface area contributed by atoms with Gasteiger partial charge < -0.3 is 20.1 Å². The molecule has 0 aliphatic rings. The SMILES string of the molecule is COc1cccc(C(=O)NC(Cc2ccccc2)C(=O)Nc2ccc3sc(C(=O)NO)cc3c2)c1OC. The average Bonchev–Trinajstić information content (AvgIpc) is 3.35. The van der Waals surface area contributed by atoms with Crippen LogP contribution >= 0.6 is 11.3 Å². The summed E-state index contributed by atoms with van der Waals surface area (Å²) in [7, 11) is 2.92. The molecule has 1 atom stereocenters. The number of para-hydroxylation sites is 1. The summed E-state index contributed by atoms with van der Waals surface area (Å²) in [4.78, 5) is 38.7. The Morgan fingerprint density at radius 1 is 0.919 bits per heavy atom. The summed E-state index contributed by atoms with van der Waals surface area (Å²) in [6, 6.07) is 20.2. The average molecular weight is 520 g/mol. The van der Waals surface area contributed by atoms with Gasteiger partial charge in [0.15, 0.2) is 11.5 Å². The van der Waals surface area contributed by atoms with Crippen molar-refractivity contribution in [1.29, 1.82) is 0 Å². The maximum Gasteiger partial charge on any atom is 0.284 e. The number of nitrogens with one attached hydrogen (secondary N) is 3. The Morgan fingerprint density at radius 3 is 2.41 bits per heavy atom. The molecule has 10 heteroatoms. The number of rotatable bonds is 9. The number of amides is 3. The number of carbonyl (C=O) groups excluding carboxylic acids is 3. The van der Waals surface area contributed by atoms with Crippen molar-refractivity contribution in [1.82, 2.24) is 10.8 Å². The van der Waals surface area contributed by atoms with Crippen LogP contribution in [0.5, 0.6) is 11.5 Å². The van der Waals surface area contributed by atoms with Crippen molar-refractivity contribution in [3.63, 3.8) is 0 Å². The normalized spacial score (nSPS) is 11.4. The van der Waals surface area contributed by atoms with Crippen LogP contribution in [-0.4, -0.2) is 43.2 Å². The minimum Gasteiger partial charge on any atom is -0.493 e. The lowest BCUT2D eigenvalue weighted by molar-refractivity contribution is -0.118. The van der Waals surface area contributed by atoms with E-state index in [-0.39, 0.29) is 17.7 Å². The molecule has 37 heavy (non-hydrogen) atoms. The lowest BCUT2D eigenvalue weighted by Crippen LogP contribution is -2.45. The summed E-state index contributed by atoms with van der Waals surface area (Å²) in [5, 5.41) is 15.3. The van der Waals surface area contributed by atoms with E-state index in [1.165, 1.54) is 25.6 Å². The molecule has 190 valence electrons. The lowest BCUT2D eigenvalue weighted by Gasteiger charge is -2.20. The second kappa shape index (κ2) is 11.5. The van der Waals surface area contributed by atoms with Gasteiger partial charge in [0, 0.05) is 16.8 Å². The molecule has 3 amide bonds. The molecule has 0 spiro atoms. The molecular weight excluding hydrogens is 494 g/mol. The van der Waals surface area contributed by atoms with Gasteiger partial charge in [0.05, 0.1) is 24.7 Å². The quantitative estimate of drug-likeness (QED) is 0.196. The summed E-state index contributed by atoms with van der Waals surface area (Å²) in [6.45, 7) is 0. The van der Waals surface area contributed by atoms with E-state index in [1.54, 1.807) is 47.9 Å². The van der Waals surface area contributed by atoms with Gasteiger partial charge >= 0.3 is 0 Å². The smallest absolute Gasteiger partial charge is 0.284 e. The molecule has 1 aromatic heterocycles. The molecule has 0 bridgehead atoms. The highest BCUT2D eigenvalue weighted by molar-refractivity contribution is 7.20. The summed E-state index contributed by atoms with van der Waals surface area (Å²) in [5.41, 5.74) is 3.22. The molecule has 0 aliphatic heterocycles.